The lowest BCUT2D eigenvalue weighted by atomic mass is 9.87. The number of hydrogen-bond donors (Lipinski definition) is 1. The fourth-order valence-electron chi connectivity index (χ4n) is 1.59. The Morgan fingerprint density at radius 2 is 1.80 bits per heavy atom. The highest BCUT2D eigenvalue weighted by atomic mass is 127. The van der Waals surface area contributed by atoms with Crippen molar-refractivity contribution in [2.75, 3.05) is 6.61 Å². The van der Waals surface area contributed by atoms with E-state index in [-0.39, 0.29) is 0 Å². The van der Waals surface area contributed by atoms with Crippen molar-refractivity contribution in [2.45, 2.75) is 36.0 Å². The summed E-state index contributed by atoms with van der Waals surface area (Å²) in [5.41, 5.74) is 0. The highest BCUT2D eigenvalue weighted by Crippen LogP contribution is 2.30. The van der Waals surface area contributed by atoms with Crippen LogP contribution in [-0.4, -0.2) is 15.6 Å². The molecular weight excluding hydrogens is 239 g/mol. The largest absolute Gasteiger partial charge is 0.396 e. The zero-order chi connectivity index (χ0) is 7.40. The summed E-state index contributed by atoms with van der Waals surface area (Å²) >= 11 is 2.53. The van der Waals surface area contributed by atoms with Crippen molar-refractivity contribution in [1.29, 1.82) is 0 Å². The van der Waals surface area contributed by atoms with Gasteiger partial charge in [0.2, 0.25) is 0 Å². The maximum Gasteiger partial charge on any atom is 0.0433 e. The summed E-state index contributed by atoms with van der Waals surface area (Å²) in [6.07, 6.45) is 6.45. The zero-order valence-electron chi connectivity index (χ0n) is 6.22. The van der Waals surface area contributed by atoms with E-state index in [9.17, 15) is 0 Å². The van der Waals surface area contributed by atoms with Gasteiger partial charge in [-0.25, -0.2) is 0 Å². The van der Waals surface area contributed by atoms with E-state index in [1.807, 2.05) is 0 Å². The van der Waals surface area contributed by atoms with Gasteiger partial charge in [-0.05, 0) is 38.0 Å². The van der Waals surface area contributed by atoms with Crippen LogP contribution in [0.15, 0.2) is 0 Å². The Morgan fingerprint density at radius 3 is 2.30 bits per heavy atom. The number of halogens is 1. The third kappa shape index (κ3) is 2.74. The first kappa shape index (κ1) is 8.78. The Hall–Kier alpha value is 0.690. The van der Waals surface area contributed by atoms with Crippen LogP contribution in [0.25, 0.3) is 0 Å². The van der Waals surface area contributed by atoms with Gasteiger partial charge in [0.15, 0.2) is 0 Å². The van der Waals surface area contributed by atoms with Crippen LogP contribution in [0.3, 0.4) is 0 Å². The summed E-state index contributed by atoms with van der Waals surface area (Å²) in [5, 5.41) is 8.68. The molecule has 0 radical (unpaired) electrons. The molecule has 60 valence electrons. The Labute approximate surface area is 76.3 Å². The summed E-state index contributed by atoms with van der Waals surface area (Å²) in [6, 6.07) is 0. The molecule has 0 aliphatic heterocycles. The van der Waals surface area contributed by atoms with E-state index >= 15 is 0 Å². The maximum absolute atomic E-state index is 8.68. The average molecular weight is 254 g/mol. The molecule has 0 spiro atoms. The van der Waals surface area contributed by atoms with Crippen LogP contribution in [-0.2, 0) is 0 Å². The lowest BCUT2D eigenvalue weighted by Crippen LogP contribution is -2.14. The second-order valence-electron chi connectivity index (χ2n) is 3.13. The van der Waals surface area contributed by atoms with E-state index < -0.39 is 0 Å². The molecule has 2 heteroatoms. The van der Waals surface area contributed by atoms with Gasteiger partial charge in [0.05, 0.1) is 0 Å². The minimum absolute atomic E-state index is 0.385. The molecular formula is C8H15IO. The molecule has 0 saturated heterocycles. The van der Waals surface area contributed by atoms with Crippen molar-refractivity contribution in [3.8, 4) is 0 Å². The van der Waals surface area contributed by atoms with Gasteiger partial charge in [-0.15, -0.1) is 0 Å². The third-order valence-corrected chi connectivity index (χ3v) is 3.56. The minimum atomic E-state index is 0.385. The Kier molecular flexibility index (Phi) is 3.99. The predicted molar refractivity (Wildman–Crippen MR) is 51.5 cm³/mol. The van der Waals surface area contributed by atoms with Gasteiger partial charge in [0, 0.05) is 10.5 Å². The summed E-state index contributed by atoms with van der Waals surface area (Å²) in [5.74, 6) is 0.830. The molecule has 1 fully saturated rings. The molecule has 0 aromatic rings. The first-order chi connectivity index (χ1) is 4.83. The predicted octanol–water partition coefficient (Wildman–Crippen LogP) is 2.36. The van der Waals surface area contributed by atoms with E-state index in [2.05, 4.69) is 22.6 Å². The Balaban J connectivity index is 2.13. The van der Waals surface area contributed by atoms with Gasteiger partial charge in [-0.2, -0.15) is 0 Å². The van der Waals surface area contributed by atoms with E-state index in [1.54, 1.807) is 0 Å². The molecule has 0 amide bonds. The topological polar surface area (TPSA) is 20.2 Å². The van der Waals surface area contributed by atoms with E-state index in [1.165, 1.54) is 25.7 Å². The highest BCUT2D eigenvalue weighted by molar-refractivity contribution is 14.1. The lowest BCUT2D eigenvalue weighted by Gasteiger charge is -2.24. The van der Waals surface area contributed by atoms with Crippen LogP contribution in [0.4, 0.5) is 0 Å². The molecule has 10 heavy (non-hydrogen) atoms. The molecule has 1 rings (SSSR count). The molecule has 1 N–H and O–H groups in total. The molecule has 1 aliphatic carbocycles. The Bertz CT molecular complexity index is 87.3. The average Bonchev–Trinajstić information content (AvgIpc) is 1.95. The molecule has 0 unspecified atom stereocenters. The maximum atomic E-state index is 8.68. The van der Waals surface area contributed by atoms with E-state index in [4.69, 9.17) is 5.11 Å². The summed E-state index contributed by atoms with van der Waals surface area (Å²) in [4.78, 5) is 0. The summed E-state index contributed by atoms with van der Waals surface area (Å²) < 4.78 is 0.910. The molecule has 1 nitrogen and oxygen atoms in total. The molecule has 0 heterocycles. The molecule has 0 atom stereocenters. The first-order valence-corrected chi connectivity index (χ1v) is 5.32. The molecule has 1 aliphatic rings. The van der Waals surface area contributed by atoms with Gasteiger partial charge in [0.1, 0.15) is 0 Å². The van der Waals surface area contributed by atoms with E-state index in [0.717, 1.165) is 16.3 Å². The summed E-state index contributed by atoms with van der Waals surface area (Å²) in [6.45, 7) is 0.385. The number of aliphatic hydroxyl groups excluding tert-OH is 1. The monoisotopic (exact) mass is 254 g/mol. The fraction of sp³-hybridized carbons (Fsp3) is 1.00. The second kappa shape index (κ2) is 4.54. The highest BCUT2D eigenvalue weighted by Gasteiger charge is 2.17. The number of alkyl halides is 1. The van der Waals surface area contributed by atoms with Crippen molar-refractivity contribution in [3.05, 3.63) is 0 Å². The van der Waals surface area contributed by atoms with Crippen LogP contribution < -0.4 is 0 Å². The molecule has 1 saturated carbocycles. The SMILES string of the molecule is OCCC1CCC(I)CC1. The van der Waals surface area contributed by atoms with Crippen molar-refractivity contribution < 1.29 is 5.11 Å². The van der Waals surface area contributed by atoms with Crippen LogP contribution in [0.5, 0.6) is 0 Å². The van der Waals surface area contributed by atoms with Crippen molar-refractivity contribution in [3.63, 3.8) is 0 Å². The normalized spacial score (nSPS) is 34.2. The number of rotatable bonds is 2. The van der Waals surface area contributed by atoms with Crippen molar-refractivity contribution in [1.82, 2.24) is 0 Å². The van der Waals surface area contributed by atoms with Gasteiger partial charge < -0.3 is 5.11 Å². The van der Waals surface area contributed by atoms with Gasteiger partial charge in [0.25, 0.3) is 0 Å². The second-order valence-corrected chi connectivity index (χ2v) is 4.89. The van der Waals surface area contributed by atoms with E-state index in [0.29, 0.717) is 6.61 Å². The molecule has 0 aromatic carbocycles. The zero-order valence-corrected chi connectivity index (χ0v) is 8.38. The van der Waals surface area contributed by atoms with Crippen LogP contribution in [0.2, 0.25) is 0 Å². The summed E-state index contributed by atoms with van der Waals surface area (Å²) in [7, 11) is 0. The van der Waals surface area contributed by atoms with Gasteiger partial charge >= 0.3 is 0 Å². The van der Waals surface area contributed by atoms with Crippen molar-refractivity contribution >= 4 is 22.6 Å². The molecule has 0 bridgehead atoms. The molecule has 0 aromatic heterocycles. The smallest absolute Gasteiger partial charge is 0.0433 e. The standard InChI is InChI=1S/C8H15IO/c9-8-3-1-7(2-4-8)5-6-10/h7-8,10H,1-6H2. The minimum Gasteiger partial charge on any atom is -0.396 e. The van der Waals surface area contributed by atoms with Crippen molar-refractivity contribution in [2.24, 2.45) is 5.92 Å². The van der Waals surface area contributed by atoms with Gasteiger partial charge in [-0.1, -0.05) is 22.6 Å². The van der Waals surface area contributed by atoms with Gasteiger partial charge in [-0.3, -0.25) is 0 Å². The number of hydrogen-bond acceptors (Lipinski definition) is 1. The Morgan fingerprint density at radius 1 is 1.20 bits per heavy atom. The van der Waals surface area contributed by atoms with Crippen LogP contribution in [0.1, 0.15) is 32.1 Å². The third-order valence-electron chi connectivity index (χ3n) is 2.31. The number of aliphatic hydroxyl groups is 1. The van der Waals surface area contributed by atoms with Crippen LogP contribution >= 0.6 is 22.6 Å². The fourth-order valence-corrected chi connectivity index (χ4v) is 2.31. The van der Waals surface area contributed by atoms with Crippen LogP contribution in [0, 0.1) is 5.92 Å². The first-order valence-electron chi connectivity index (χ1n) is 4.08. The quantitative estimate of drug-likeness (QED) is 0.592. The lowest BCUT2D eigenvalue weighted by molar-refractivity contribution is 0.233.